The van der Waals surface area contributed by atoms with Gasteiger partial charge in [-0.25, -0.2) is 18.2 Å². The van der Waals surface area contributed by atoms with E-state index in [4.69, 9.17) is 0 Å². The molecule has 0 radical (unpaired) electrons. The Morgan fingerprint density at radius 2 is 1.94 bits per heavy atom. The van der Waals surface area contributed by atoms with Crippen molar-refractivity contribution in [2.24, 2.45) is 5.10 Å². The van der Waals surface area contributed by atoms with E-state index in [0.717, 1.165) is 5.01 Å². The molecule has 1 amide bonds. The average molecular weight is 242 g/mol. The van der Waals surface area contributed by atoms with Gasteiger partial charge in [0.05, 0.1) is 13.0 Å². The van der Waals surface area contributed by atoms with Gasteiger partial charge in [0.25, 0.3) is 6.43 Å². The SMILES string of the molecule is O=C1CC(C(F)F)=NN1Cc1ccc(F)cc1. The fraction of sp³-hybridized carbons (Fsp3) is 0.273. The number of amides is 1. The smallest absolute Gasteiger partial charge is 0.273 e. The zero-order valence-electron chi connectivity index (χ0n) is 8.74. The van der Waals surface area contributed by atoms with Gasteiger partial charge in [-0.1, -0.05) is 12.1 Å². The normalized spacial score (nSPS) is 15.6. The summed E-state index contributed by atoms with van der Waals surface area (Å²) in [6, 6.07) is 5.46. The molecule has 3 nitrogen and oxygen atoms in total. The molecule has 0 spiro atoms. The molecule has 0 fully saturated rings. The van der Waals surface area contributed by atoms with Gasteiger partial charge in [-0.2, -0.15) is 5.10 Å². The molecular weight excluding hydrogens is 233 g/mol. The number of carbonyl (C=O) groups excluding carboxylic acids is 1. The molecule has 1 aliphatic heterocycles. The molecule has 0 atom stereocenters. The van der Waals surface area contributed by atoms with Crippen molar-refractivity contribution in [3.63, 3.8) is 0 Å². The summed E-state index contributed by atoms with van der Waals surface area (Å²) in [5, 5.41) is 4.52. The van der Waals surface area contributed by atoms with E-state index >= 15 is 0 Å². The molecule has 0 saturated heterocycles. The monoisotopic (exact) mass is 242 g/mol. The Morgan fingerprint density at radius 1 is 1.29 bits per heavy atom. The van der Waals surface area contributed by atoms with Crippen LogP contribution in [0.4, 0.5) is 13.2 Å². The van der Waals surface area contributed by atoms with Crippen LogP contribution in [-0.2, 0) is 11.3 Å². The zero-order valence-corrected chi connectivity index (χ0v) is 8.74. The minimum atomic E-state index is -2.71. The van der Waals surface area contributed by atoms with E-state index in [1.807, 2.05) is 0 Å². The molecule has 1 aromatic carbocycles. The van der Waals surface area contributed by atoms with Gasteiger partial charge in [-0.15, -0.1) is 0 Å². The van der Waals surface area contributed by atoms with Crippen LogP contribution in [-0.4, -0.2) is 23.1 Å². The summed E-state index contributed by atoms with van der Waals surface area (Å²) in [5.41, 5.74) is 0.219. The largest absolute Gasteiger partial charge is 0.278 e. The summed E-state index contributed by atoms with van der Waals surface area (Å²) in [4.78, 5) is 11.4. The lowest BCUT2D eigenvalue weighted by molar-refractivity contribution is -0.129. The van der Waals surface area contributed by atoms with Gasteiger partial charge in [-0.05, 0) is 17.7 Å². The van der Waals surface area contributed by atoms with Crippen molar-refractivity contribution < 1.29 is 18.0 Å². The fourth-order valence-corrected chi connectivity index (χ4v) is 1.50. The lowest BCUT2D eigenvalue weighted by Crippen LogP contribution is -2.20. The molecule has 1 aromatic rings. The quantitative estimate of drug-likeness (QED) is 0.799. The number of alkyl halides is 2. The van der Waals surface area contributed by atoms with Crippen molar-refractivity contribution in [1.29, 1.82) is 0 Å². The molecule has 0 bridgehead atoms. The molecule has 2 rings (SSSR count). The van der Waals surface area contributed by atoms with Gasteiger partial charge < -0.3 is 0 Å². The number of halogens is 3. The molecular formula is C11H9F3N2O. The van der Waals surface area contributed by atoms with Gasteiger partial charge in [0, 0.05) is 0 Å². The van der Waals surface area contributed by atoms with Crippen LogP contribution in [0, 0.1) is 5.82 Å². The van der Waals surface area contributed by atoms with Crippen LogP contribution in [0.15, 0.2) is 29.4 Å². The number of nitrogens with zero attached hydrogens (tertiary/aromatic N) is 2. The van der Waals surface area contributed by atoms with E-state index in [1.54, 1.807) is 0 Å². The Balaban J connectivity index is 2.09. The van der Waals surface area contributed by atoms with Crippen molar-refractivity contribution >= 4 is 11.6 Å². The third-order valence-electron chi connectivity index (χ3n) is 2.37. The highest BCUT2D eigenvalue weighted by atomic mass is 19.3. The van der Waals surface area contributed by atoms with E-state index in [9.17, 15) is 18.0 Å². The van der Waals surface area contributed by atoms with Crippen LogP contribution < -0.4 is 0 Å². The highest BCUT2D eigenvalue weighted by molar-refractivity contribution is 6.06. The maximum Gasteiger partial charge on any atom is 0.278 e. The first-order chi connectivity index (χ1) is 8.06. The first-order valence-electron chi connectivity index (χ1n) is 4.96. The second-order valence-corrected chi connectivity index (χ2v) is 3.65. The molecule has 0 aromatic heterocycles. The van der Waals surface area contributed by atoms with Crippen LogP contribution >= 0.6 is 0 Å². The Kier molecular flexibility index (Phi) is 3.12. The summed E-state index contributed by atoms with van der Waals surface area (Å²) >= 11 is 0. The molecule has 0 aliphatic carbocycles. The van der Waals surface area contributed by atoms with Crippen molar-refractivity contribution in [3.8, 4) is 0 Å². The van der Waals surface area contributed by atoms with Crippen molar-refractivity contribution in [3.05, 3.63) is 35.6 Å². The predicted molar refractivity (Wildman–Crippen MR) is 55.0 cm³/mol. The Morgan fingerprint density at radius 3 is 2.47 bits per heavy atom. The number of carbonyl (C=O) groups is 1. The van der Waals surface area contributed by atoms with E-state index in [0.29, 0.717) is 5.56 Å². The van der Waals surface area contributed by atoms with E-state index in [1.165, 1.54) is 24.3 Å². The maximum atomic E-state index is 12.6. The van der Waals surface area contributed by atoms with Crippen LogP contribution in [0.3, 0.4) is 0 Å². The Labute approximate surface area is 95.5 Å². The molecule has 90 valence electrons. The van der Waals surface area contributed by atoms with Gasteiger partial charge in [0.2, 0.25) is 5.91 Å². The molecule has 0 unspecified atom stereocenters. The van der Waals surface area contributed by atoms with Crippen LogP contribution in [0.5, 0.6) is 0 Å². The Hall–Kier alpha value is -1.85. The minimum absolute atomic E-state index is 0.0787. The van der Waals surface area contributed by atoms with Crippen LogP contribution in [0.2, 0.25) is 0 Å². The third-order valence-corrected chi connectivity index (χ3v) is 2.37. The molecule has 1 heterocycles. The van der Waals surface area contributed by atoms with Gasteiger partial charge in [0.15, 0.2) is 0 Å². The zero-order chi connectivity index (χ0) is 12.4. The highest BCUT2D eigenvalue weighted by Crippen LogP contribution is 2.16. The van der Waals surface area contributed by atoms with Gasteiger partial charge in [-0.3, -0.25) is 4.79 Å². The lowest BCUT2D eigenvalue weighted by atomic mass is 10.2. The molecule has 0 N–H and O–H groups in total. The number of hydrazone groups is 1. The average Bonchev–Trinajstić information content (AvgIpc) is 2.64. The first kappa shape index (κ1) is 11.6. The first-order valence-corrected chi connectivity index (χ1v) is 4.96. The summed E-state index contributed by atoms with van der Waals surface area (Å²) in [5.74, 6) is -0.858. The minimum Gasteiger partial charge on any atom is -0.273 e. The lowest BCUT2D eigenvalue weighted by Gasteiger charge is -2.11. The fourth-order valence-electron chi connectivity index (χ4n) is 1.50. The number of hydrogen-bond acceptors (Lipinski definition) is 2. The molecule has 1 aliphatic rings. The van der Waals surface area contributed by atoms with Crippen LogP contribution in [0.1, 0.15) is 12.0 Å². The number of hydrogen-bond donors (Lipinski definition) is 0. The Bertz CT molecular complexity index is 456. The summed E-state index contributed by atoms with van der Waals surface area (Å²) in [6.45, 7) is 0.0787. The van der Waals surface area contributed by atoms with E-state index < -0.39 is 23.9 Å². The summed E-state index contributed by atoms with van der Waals surface area (Å²) in [6.07, 6.45) is -3.06. The van der Waals surface area contributed by atoms with Crippen molar-refractivity contribution in [2.45, 2.75) is 19.4 Å². The second kappa shape index (κ2) is 4.57. The second-order valence-electron chi connectivity index (χ2n) is 3.65. The van der Waals surface area contributed by atoms with Gasteiger partial charge in [0.1, 0.15) is 11.5 Å². The van der Waals surface area contributed by atoms with Crippen molar-refractivity contribution in [1.82, 2.24) is 5.01 Å². The standard InChI is InChI=1S/C11H9F3N2O/c12-8-3-1-7(2-4-8)6-16-10(17)5-9(15-16)11(13)14/h1-4,11H,5-6H2. The summed E-state index contributed by atoms with van der Waals surface area (Å²) < 4.78 is 37.3. The topological polar surface area (TPSA) is 32.7 Å². The van der Waals surface area contributed by atoms with Crippen molar-refractivity contribution in [2.75, 3.05) is 0 Å². The predicted octanol–water partition coefficient (Wildman–Crippen LogP) is 2.18. The number of benzene rings is 1. The maximum absolute atomic E-state index is 12.6. The highest BCUT2D eigenvalue weighted by Gasteiger charge is 2.28. The summed E-state index contributed by atoms with van der Waals surface area (Å²) in [7, 11) is 0. The molecule has 0 saturated carbocycles. The number of rotatable bonds is 3. The molecule has 6 heteroatoms. The van der Waals surface area contributed by atoms with Gasteiger partial charge >= 0.3 is 0 Å². The van der Waals surface area contributed by atoms with E-state index in [2.05, 4.69) is 5.10 Å². The van der Waals surface area contributed by atoms with Crippen LogP contribution in [0.25, 0.3) is 0 Å². The van der Waals surface area contributed by atoms with E-state index in [-0.39, 0.29) is 13.0 Å². The molecule has 17 heavy (non-hydrogen) atoms. The third kappa shape index (κ3) is 2.64.